The second-order valence-electron chi connectivity index (χ2n) is 6.81. The molecule has 0 N–H and O–H groups in total. The maximum Gasteiger partial charge on any atom is 0 e. The molecule has 0 bridgehead atoms. The average Bonchev–Trinajstić information content (AvgIpc) is 3.12. The van der Waals surface area contributed by atoms with Crippen LogP contribution in [-0.4, -0.2) is 0 Å². The molecule has 0 nitrogen and oxygen atoms in total. The summed E-state index contributed by atoms with van der Waals surface area (Å²) in [6.07, 6.45) is 22.4. The van der Waals surface area contributed by atoms with Gasteiger partial charge in [-0.05, 0) is 11.8 Å². The maximum absolute atomic E-state index is 3.29. The molecule has 0 spiro atoms. The predicted molar refractivity (Wildman–Crippen MR) is 101 cm³/mol. The molecular formula is C22H36Hf-2. The first-order valence-electron chi connectivity index (χ1n) is 9.01. The van der Waals surface area contributed by atoms with E-state index in [1.54, 1.807) is 0 Å². The number of unbranched alkanes of at least 4 members (excludes halogenated alkanes) is 1. The molecule has 2 aliphatic carbocycles. The van der Waals surface area contributed by atoms with Gasteiger partial charge in [0.15, 0.2) is 0 Å². The van der Waals surface area contributed by atoms with Gasteiger partial charge in [-0.25, -0.2) is 23.3 Å². The third-order valence-corrected chi connectivity index (χ3v) is 3.29. The van der Waals surface area contributed by atoms with Crippen LogP contribution in [0, 0.1) is 24.0 Å². The molecule has 0 aromatic heterocycles. The van der Waals surface area contributed by atoms with Crippen molar-refractivity contribution in [2.24, 2.45) is 11.8 Å². The summed E-state index contributed by atoms with van der Waals surface area (Å²) < 4.78 is 0. The first-order valence-corrected chi connectivity index (χ1v) is 9.01. The van der Waals surface area contributed by atoms with Gasteiger partial charge in [0.2, 0.25) is 0 Å². The molecule has 2 aliphatic rings. The largest absolute Gasteiger partial charge is 0.269 e. The topological polar surface area (TPSA) is 0 Å². The van der Waals surface area contributed by atoms with E-state index in [0.29, 0.717) is 0 Å². The zero-order valence-electron chi connectivity index (χ0n) is 16.2. The van der Waals surface area contributed by atoms with Crippen molar-refractivity contribution in [3.05, 3.63) is 47.6 Å². The van der Waals surface area contributed by atoms with E-state index in [0.717, 1.165) is 24.7 Å². The van der Waals surface area contributed by atoms with Crippen LogP contribution in [0.1, 0.15) is 80.1 Å². The van der Waals surface area contributed by atoms with Crippen LogP contribution in [0.5, 0.6) is 0 Å². The van der Waals surface area contributed by atoms with Crippen LogP contribution >= 0.6 is 0 Å². The van der Waals surface area contributed by atoms with Crippen molar-refractivity contribution in [1.29, 1.82) is 0 Å². The summed E-state index contributed by atoms with van der Waals surface area (Å²) in [6.45, 7) is 13.3. The van der Waals surface area contributed by atoms with Gasteiger partial charge in [-0.2, -0.15) is 12.2 Å². The molecule has 0 amide bonds. The van der Waals surface area contributed by atoms with Crippen LogP contribution in [-0.2, 0) is 25.8 Å². The van der Waals surface area contributed by atoms with Crippen molar-refractivity contribution < 1.29 is 25.8 Å². The molecule has 1 heteroatoms. The monoisotopic (exact) mass is 480 g/mol. The first kappa shape index (κ1) is 25.1. The van der Waals surface area contributed by atoms with Gasteiger partial charge in [0.1, 0.15) is 0 Å². The Kier molecular flexibility index (Phi) is 18.2. The predicted octanol–water partition coefficient (Wildman–Crippen LogP) is 7.25. The van der Waals surface area contributed by atoms with Crippen LogP contribution in [0.3, 0.4) is 0 Å². The van der Waals surface area contributed by atoms with E-state index in [1.807, 2.05) is 0 Å². The van der Waals surface area contributed by atoms with Gasteiger partial charge in [0.05, 0.1) is 0 Å². The van der Waals surface area contributed by atoms with Gasteiger partial charge < -0.3 is 0 Å². The smallest absolute Gasteiger partial charge is 0 e. The fourth-order valence-corrected chi connectivity index (χ4v) is 2.06. The van der Waals surface area contributed by atoms with Crippen LogP contribution in [0.2, 0.25) is 0 Å². The summed E-state index contributed by atoms with van der Waals surface area (Å²) in [7, 11) is 0. The van der Waals surface area contributed by atoms with E-state index >= 15 is 0 Å². The van der Waals surface area contributed by atoms with E-state index < -0.39 is 0 Å². The second-order valence-corrected chi connectivity index (χ2v) is 6.81. The van der Waals surface area contributed by atoms with Gasteiger partial charge in [-0.3, -0.25) is 12.2 Å². The summed E-state index contributed by atoms with van der Waals surface area (Å²) >= 11 is 0. The van der Waals surface area contributed by atoms with Gasteiger partial charge >= 0.3 is 0 Å². The van der Waals surface area contributed by atoms with E-state index in [4.69, 9.17) is 0 Å². The minimum Gasteiger partial charge on any atom is -0.269 e. The van der Waals surface area contributed by atoms with Gasteiger partial charge in [-0.1, -0.05) is 67.2 Å². The number of rotatable bonds is 5. The van der Waals surface area contributed by atoms with E-state index in [2.05, 4.69) is 78.0 Å². The molecule has 0 radical (unpaired) electrons. The Hall–Kier alpha value is -0.170. The van der Waals surface area contributed by atoms with Crippen LogP contribution in [0.15, 0.2) is 35.5 Å². The molecule has 2 rings (SSSR count). The standard InChI is InChI=1S/2C9H13.C4H10.Hf/c2*1-8(2)7-9-5-3-4-6-9;1-3-4-2;/h2*3,5,8H,4,7H2,1-2H3;3-4H2,1-2H3;/q2*-1;;. The van der Waals surface area contributed by atoms with Crippen LogP contribution in [0.4, 0.5) is 0 Å². The normalized spacial score (nSPS) is 14.6. The molecule has 0 saturated carbocycles. The molecule has 23 heavy (non-hydrogen) atoms. The summed E-state index contributed by atoms with van der Waals surface area (Å²) in [5.74, 6) is 1.55. The Morgan fingerprint density at radius 3 is 1.30 bits per heavy atom. The first-order chi connectivity index (χ1) is 10.5. The summed E-state index contributed by atoms with van der Waals surface area (Å²) in [6, 6.07) is 0. The van der Waals surface area contributed by atoms with Gasteiger partial charge in [-0.15, -0.1) is 12.8 Å². The minimum atomic E-state index is 0. The Labute approximate surface area is 165 Å². The molecule has 0 atom stereocenters. The summed E-state index contributed by atoms with van der Waals surface area (Å²) in [5, 5.41) is 0. The zero-order valence-corrected chi connectivity index (χ0v) is 19.8. The zero-order chi connectivity index (χ0) is 16.8. The Bertz CT molecular complexity index is 343. The Morgan fingerprint density at radius 1 is 0.783 bits per heavy atom. The van der Waals surface area contributed by atoms with Crippen molar-refractivity contribution >= 4 is 0 Å². The van der Waals surface area contributed by atoms with E-state index in [1.165, 1.54) is 36.8 Å². The van der Waals surface area contributed by atoms with Crippen molar-refractivity contribution in [3.8, 4) is 0 Å². The SMILES string of the molecule is CC(C)CC1=[C-]CC=C1.CC(C)CC1=[C-]CC=C1.CCCC.[Hf]. The molecule has 0 aromatic rings. The van der Waals surface area contributed by atoms with Crippen LogP contribution in [0.25, 0.3) is 0 Å². The van der Waals surface area contributed by atoms with E-state index in [9.17, 15) is 0 Å². The Morgan fingerprint density at radius 2 is 1.13 bits per heavy atom. The summed E-state index contributed by atoms with van der Waals surface area (Å²) in [4.78, 5) is 0. The van der Waals surface area contributed by atoms with Crippen molar-refractivity contribution in [2.45, 2.75) is 80.1 Å². The molecule has 0 unspecified atom stereocenters. The molecule has 0 aliphatic heterocycles. The maximum atomic E-state index is 3.29. The molecule has 130 valence electrons. The molecule has 0 aromatic carbocycles. The van der Waals surface area contributed by atoms with E-state index in [-0.39, 0.29) is 25.8 Å². The molecule has 0 fully saturated rings. The average molecular weight is 479 g/mol. The fraction of sp³-hybridized carbons (Fsp3) is 0.636. The number of allylic oxidation sites excluding steroid dienone is 8. The number of hydrogen-bond acceptors (Lipinski definition) is 0. The Balaban J connectivity index is 0. The third kappa shape index (κ3) is 16.5. The summed E-state index contributed by atoms with van der Waals surface area (Å²) in [5.41, 5.74) is 2.79. The second kappa shape index (κ2) is 16.7. The van der Waals surface area contributed by atoms with Gasteiger partial charge in [0.25, 0.3) is 0 Å². The van der Waals surface area contributed by atoms with Crippen molar-refractivity contribution in [2.75, 3.05) is 0 Å². The van der Waals surface area contributed by atoms with Crippen molar-refractivity contribution in [1.82, 2.24) is 0 Å². The quantitative estimate of drug-likeness (QED) is 0.288. The minimum absolute atomic E-state index is 0. The van der Waals surface area contributed by atoms with Crippen molar-refractivity contribution in [3.63, 3.8) is 0 Å². The van der Waals surface area contributed by atoms with Crippen LogP contribution < -0.4 is 0 Å². The fourth-order valence-electron chi connectivity index (χ4n) is 2.06. The van der Waals surface area contributed by atoms with Gasteiger partial charge in [0, 0.05) is 25.8 Å². The molecule has 0 saturated heterocycles. The molecule has 0 heterocycles. The number of hydrogen-bond donors (Lipinski definition) is 0. The molecular weight excluding hydrogens is 443 g/mol. The third-order valence-electron chi connectivity index (χ3n) is 3.29.